The van der Waals surface area contributed by atoms with Crippen molar-refractivity contribution >= 4 is 12.0 Å². The average molecular weight is 461 g/mol. The van der Waals surface area contributed by atoms with Gasteiger partial charge in [-0.25, -0.2) is 0 Å². The summed E-state index contributed by atoms with van der Waals surface area (Å²) in [6.07, 6.45) is 4.80. The van der Waals surface area contributed by atoms with Gasteiger partial charge in [-0.3, -0.25) is 9.69 Å². The third-order valence-corrected chi connectivity index (χ3v) is 5.43. The van der Waals surface area contributed by atoms with Crippen LogP contribution in [0.25, 0.3) is 6.08 Å². The van der Waals surface area contributed by atoms with E-state index in [4.69, 9.17) is 9.47 Å². The number of ether oxygens (including phenoxy) is 3. The summed E-state index contributed by atoms with van der Waals surface area (Å²) in [7, 11) is 1.68. The SMILES string of the molecule is CCOc1cc(C=CC(=O)NC2CCN(Cc3ccccc3OC)CC2)ccc1OC(F)F. The zero-order chi connectivity index (χ0) is 23.6. The number of benzene rings is 2. The van der Waals surface area contributed by atoms with Gasteiger partial charge in [0.2, 0.25) is 5.91 Å². The minimum atomic E-state index is -2.93. The lowest BCUT2D eigenvalue weighted by molar-refractivity contribution is -0.117. The number of methoxy groups -OCH3 is 1. The highest BCUT2D eigenvalue weighted by atomic mass is 19.3. The van der Waals surface area contributed by atoms with Crippen molar-refractivity contribution in [3.05, 3.63) is 59.7 Å². The van der Waals surface area contributed by atoms with Gasteiger partial charge in [-0.15, -0.1) is 0 Å². The van der Waals surface area contributed by atoms with Crippen LogP contribution in [0.3, 0.4) is 0 Å². The highest BCUT2D eigenvalue weighted by Gasteiger charge is 2.21. The topological polar surface area (TPSA) is 60.0 Å². The average Bonchev–Trinajstić information content (AvgIpc) is 2.81. The van der Waals surface area contributed by atoms with Crippen molar-refractivity contribution in [2.45, 2.75) is 39.0 Å². The molecule has 1 amide bonds. The molecule has 1 N–H and O–H groups in total. The Hall–Kier alpha value is -3.13. The van der Waals surface area contributed by atoms with Crippen molar-refractivity contribution < 1.29 is 27.8 Å². The third-order valence-electron chi connectivity index (χ3n) is 5.43. The van der Waals surface area contributed by atoms with Crippen molar-refractivity contribution in [1.82, 2.24) is 10.2 Å². The van der Waals surface area contributed by atoms with Crippen LogP contribution in [0.2, 0.25) is 0 Å². The normalized spacial score (nSPS) is 15.1. The number of alkyl halides is 2. The van der Waals surface area contributed by atoms with Crippen molar-refractivity contribution in [3.8, 4) is 17.2 Å². The van der Waals surface area contributed by atoms with Gasteiger partial charge in [0.15, 0.2) is 11.5 Å². The van der Waals surface area contributed by atoms with Gasteiger partial charge >= 0.3 is 6.61 Å². The first-order chi connectivity index (χ1) is 16.0. The molecular weight excluding hydrogens is 430 g/mol. The molecule has 0 spiro atoms. The van der Waals surface area contributed by atoms with Gasteiger partial charge in [0.1, 0.15) is 5.75 Å². The van der Waals surface area contributed by atoms with Crippen LogP contribution in [-0.4, -0.2) is 50.3 Å². The van der Waals surface area contributed by atoms with Crippen LogP contribution in [0.15, 0.2) is 48.5 Å². The van der Waals surface area contributed by atoms with Crippen molar-refractivity contribution in [1.29, 1.82) is 0 Å². The number of nitrogens with zero attached hydrogens (tertiary/aromatic N) is 1. The number of rotatable bonds is 10. The van der Waals surface area contributed by atoms with E-state index in [0.717, 1.165) is 43.8 Å². The number of hydrogen-bond acceptors (Lipinski definition) is 5. The lowest BCUT2D eigenvalue weighted by Crippen LogP contribution is -2.43. The largest absolute Gasteiger partial charge is 0.496 e. The maximum Gasteiger partial charge on any atom is 0.387 e. The Labute approximate surface area is 193 Å². The van der Waals surface area contributed by atoms with E-state index in [9.17, 15) is 13.6 Å². The summed E-state index contributed by atoms with van der Waals surface area (Å²) < 4.78 is 40.3. The zero-order valence-electron chi connectivity index (χ0n) is 18.9. The van der Waals surface area contributed by atoms with Gasteiger partial charge in [0.25, 0.3) is 0 Å². The predicted molar refractivity (Wildman–Crippen MR) is 123 cm³/mol. The maximum atomic E-state index is 12.5. The fraction of sp³-hybridized carbons (Fsp3) is 0.400. The van der Waals surface area contributed by atoms with E-state index in [0.29, 0.717) is 12.2 Å². The number of halogens is 2. The lowest BCUT2D eigenvalue weighted by Gasteiger charge is -2.32. The molecule has 1 fully saturated rings. The molecule has 6 nitrogen and oxygen atoms in total. The molecule has 0 radical (unpaired) electrons. The molecule has 1 heterocycles. The molecule has 1 saturated heterocycles. The molecule has 2 aromatic rings. The Morgan fingerprint density at radius 1 is 1.15 bits per heavy atom. The van der Waals surface area contributed by atoms with Crippen LogP contribution in [0.5, 0.6) is 17.2 Å². The van der Waals surface area contributed by atoms with E-state index in [2.05, 4.69) is 21.0 Å². The smallest absolute Gasteiger partial charge is 0.387 e. The van der Waals surface area contributed by atoms with Gasteiger partial charge in [-0.2, -0.15) is 8.78 Å². The molecule has 178 valence electrons. The summed E-state index contributed by atoms with van der Waals surface area (Å²) in [6, 6.07) is 12.7. The minimum Gasteiger partial charge on any atom is -0.496 e. The third kappa shape index (κ3) is 7.46. The molecule has 33 heavy (non-hydrogen) atoms. The maximum absolute atomic E-state index is 12.5. The van der Waals surface area contributed by atoms with Crippen LogP contribution < -0.4 is 19.5 Å². The molecule has 0 aromatic heterocycles. The van der Waals surface area contributed by atoms with Gasteiger partial charge in [0.05, 0.1) is 13.7 Å². The summed E-state index contributed by atoms with van der Waals surface area (Å²) in [5.41, 5.74) is 1.81. The number of carbonyl (C=O) groups is 1. The Morgan fingerprint density at radius 3 is 2.61 bits per heavy atom. The monoisotopic (exact) mass is 460 g/mol. The fourth-order valence-corrected chi connectivity index (χ4v) is 3.82. The fourth-order valence-electron chi connectivity index (χ4n) is 3.82. The Morgan fingerprint density at radius 2 is 1.91 bits per heavy atom. The molecule has 0 saturated carbocycles. The van der Waals surface area contributed by atoms with Crippen LogP contribution in [0.1, 0.15) is 30.9 Å². The first kappa shape index (κ1) is 24.5. The standard InChI is InChI=1S/C25H30F2N2O4/c1-3-32-23-16-18(8-10-22(23)33-25(26)27)9-11-24(30)28-20-12-14-29(15-13-20)17-19-6-4-5-7-21(19)31-2/h4-11,16,20,25H,3,12-15,17H2,1-2H3,(H,28,30). The van der Waals surface area contributed by atoms with E-state index in [1.165, 1.54) is 12.1 Å². The van der Waals surface area contributed by atoms with E-state index < -0.39 is 6.61 Å². The van der Waals surface area contributed by atoms with Crippen molar-refractivity contribution in [2.24, 2.45) is 0 Å². The molecule has 0 bridgehead atoms. The van der Waals surface area contributed by atoms with Gasteiger partial charge in [0, 0.05) is 37.3 Å². The number of carbonyl (C=O) groups excluding carboxylic acids is 1. The molecule has 1 aliphatic heterocycles. The summed E-state index contributed by atoms with van der Waals surface area (Å²) in [4.78, 5) is 14.7. The van der Waals surface area contributed by atoms with Crippen LogP contribution in [0, 0.1) is 0 Å². The number of likely N-dealkylation sites (tertiary alicyclic amines) is 1. The second-order valence-electron chi connectivity index (χ2n) is 7.72. The zero-order valence-corrected chi connectivity index (χ0v) is 18.9. The lowest BCUT2D eigenvalue weighted by atomic mass is 10.0. The second-order valence-corrected chi connectivity index (χ2v) is 7.72. The van der Waals surface area contributed by atoms with E-state index in [-0.39, 0.29) is 23.4 Å². The molecule has 0 unspecified atom stereocenters. The van der Waals surface area contributed by atoms with E-state index >= 15 is 0 Å². The molecule has 1 aliphatic rings. The molecule has 0 atom stereocenters. The van der Waals surface area contributed by atoms with Crippen LogP contribution >= 0.6 is 0 Å². The first-order valence-electron chi connectivity index (χ1n) is 11.0. The summed E-state index contributed by atoms with van der Waals surface area (Å²) in [6.45, 7) is 1.72. The number of para-hydroxylation sites is 1. The molecular formula is C25H30F2N2O4. The van der Waals surface area contributed by atoms with E-state index in [1.807, 2.05) is 18.2 Å². The Bertz CT molecular complexity index is 944. The number of piperidine rings is 1. The number of hydrogen-bond donors (Lipinski definition) is 1. The van der Waals surface area contributed by atoms with Crippen LogP contribution in [-0.2, 0) is 11.3 Å². The van der Waals surface area contributed by atoms with Crippen LogP contribution in [0.4, 0.5) is 8.78 Å². The van der Waals surface area contributed by atoms with E-state index in [1.54, 1.807) is 32.2 Å². The molecule has 2 aromatic carbocycles. The Balaban J connectivity index is 1.49. The summed E-state index contributed by atoms with van der Waals surface area (Å²) in [5.74, 6) is 0.875. The molecule has 8 heteroatoms. The first-order valence-corrected chi connectivity index (χ1v) is 11.0. The highest BCUT2D eigenvalue weighted by Crippen LogP contribution is 2.30. The Kier molecular flexibility index (Phi) is 9.06. The highest BCUT2D eigenvalue weighted by molar-refractivity contribution is 5.92. The predicted octanol–water partition coefficient (Wildman–Crippen LogP) is 4.49. The van der Waals surface area contributed by atoms with Gasteiger partial charge < -0.3 is 19.5 Å². The van der Waals surface area contributed by atoms with Crippen molar-refractivity contribution in [3.63, 3.8) is 0 Å². The molecule has 0 aliphatic carbocycles. The van der Waals surface area contributed by atoms with Crippen molar-refractivity contribution in [2.75, 3.05) is 26.8 Å². The second kappa shape index (κ2) is 12.2. The quantitative estimate of drug-likeness (QED) is 0.530. The van der Waals surface area contributed by atoms with Gasteiger partial charge in [-0.1, -0.05) is 24.3 Å². The minimum absolute atomic E-state index is 0.0339. The summed E-state index contributed by atoms with van der Waals surface area (Å²) in [5, 5.41) is 3.04. The van der Waals surface area contributed by atoms with Gasteiger partial charge in [-0.05, 0) is 49.6 Å². The molecule has 3 rings (SSSR count). The number of nitrogens with one attached hydrogen (secondary N) is 1. The number of amides is 1. The summed E-state index contributed by atoms with van der Waals surface area (Å²) >= 11 is 0.